The van der Waals surface area contributed by atoms with E-state index < -0.39 is 32.4 Å². The SMILES string of the molecule is O=C(Cc1cccc(F)c1)N1CCN(S(=O)(=O)c2cc(F)ccc2F)CC1. The third-order valence-corrected chi connectivity index (χ3v) is 6.26. The molecule has 9 heteroatoms. The lowest BCUT2D eigenvalue weighted by atomic mass is 10.1. The third-order valence-electron chi connectivity index (χ3n) is 4.35. The van der Waals surface area contributed by atoms with E-state index in [1.807, 2.05) is 0 Å². The summed E-state index contributed by atoms with van der Waals surface area (Å²) in [7, 11) is -4.20. The largest absolute Gasteiger partial charge is 0.340 e. The molecule has 0 radical (unpaired) electrons. The summed E-state index contributed by atoms with van der Waals surface area (Å²) in [5.74, 6) is -2.57. The molecule has 2 aromatic carbocycles. The van der Waals surface area contributed by atoms with Crippen LogP contribution in [0.15, 0.2) is 47.4 Å². The molecule has 1 aliphatic heterocycles. The van der Waals surface area contributed by atoms with Gasteiger partial charge in [-0.1, -0.05) is 12.1 Å². The van der Waals surface area contributed by atoms with Crippen molar-refractivity contribution in [1.82, 2.24) is 9.21 Å². The van der Waals surface area contributed by atoms with Crippen molar-refractivity contribution in [2.45, 2.75) is 11.3 Å². The monoisotopic (exact) mass is 398 g/mol. The van der Waals surface area contributed by atoms with E-state index in [4.69, 9.17) is 0 Å². The fraction of sp³-hybridized carbons (Fsp3) is 0.278. The summed E-state index contributed by atoms with van der Waals surface area (Å²) in [5, 5.41) is 0. The van der Waals surface area contributed by atoms with Crippen LogP contribution in [0.3, 0.4) is 0 Å². The van der Waals surface area contributed by atoms with Crippen molar-refractivity contribution in [2.75, 3.05) is 26.2 Å². The highest BCUT2D eigenvalue weighted by atomic mass is 32.2. The van der Waals surface area contributed by atoms with Crippen LogP contribution in [0.25, 0.3) is 0 Å². The Morgan fingerprint density at radius 3 is 2.26 bits per heavy atom. The molecule has 3 rings (SSSR count). The zero-order valence-corrected chi connectivity index (χ0v) is 15.1. The van der Waals surface area contributed by atoms with Gasteiger partial charge in [0, 0.05) is 26.2 Å². The molecule has 5 nitrogen and oxygen atoms in total. The number of benzene rings is 2. The Balaban J connectivity index is 1.66. The molecule has 0 spiro atoms. The van der Waals surface area contributed by atoms with Crippen molar-refractivity contribution >= 4 is 15.9 Å². The van der Waals surface area contributed by atoms with Crippen molar-refractivity contribution in [1.29, 1.82) is 0 Å². The van der Waals surface area contributed by atoms with Gasteiger partial charge in [-0.15, -0.1) is 0 Å². The molecule has 0 atom stereocenters. The highest BCUT2D eigenvalue weighted by Gasteiger charge is 2.32. The molecule has 0 bridgehead atoms. The Morgan fingerprint density at radius 1 is 0.926 bits per heavy atom. The number of piperazine rings is 1. The Bertz CT molecular complexity index is 958. The van der Waals surface area contributed by atoms with Gasteiger partial charge in [0.15, 0.2) is 0 Å². The number of hydrogen-bond acceptors (Lipinski definition) is 3. The lowest BCUT2D eigenvalue weighted by Crippen LogP contribution is -2.51. The fourth-order valence-electron chi connectivity index (χ4n) is 2.93. The first-order chi connectivity index (χ1) is 12.8. The summed E-state index contributed by atoms with van der Waals surface area (Å²) in [5.41, 5.74) is 0.525. The van der Waals surface area contributed by atoms with Crippen LogP contribution in [0.5, 0.6) is 0 Å². The maximum Gasteiger partial charge on any atom is 0.246 e. The van der Waals surface area contributed by atoms with Crippen LogP contribution in [0.2, 0.25) is 0 Å². The zero-order valence-electron chi connectivity index (χ0n) is 14.2. The molecule has 0 N–H and O–H groups in total. The number of carbonyl (C=O) groups excluding carboxylic acids is 1. The summed E-state index contributed by atoms with van der Waals surface area (Å²) < 4.78 is 66.5. The number of sulfonamides is 1. The molecule has 0 unspecified atom stereocenters. The second-order valence-electron chi connectivity index (χ2n) is 6.17. The van der Waals surface area contributed by atoms with Crippen LogP contribution < -0.4 is 0 Å². The van der Waals surface area contributed by atoms with Crippen LogP contribution in [-0.2, 0) is 21.2 Å². The number of carbonyl (C=O) groups is 1. The molecule has 144 valence electrons. The molecule has 2 aromatic rings. The fourth-order valence-corrected chi connectivity index (χ4v) is 4.42. The average molecular weight is 398 g/mol. The molecule has 0 saturated carbocycles. The van der Waals surface area contributed by atoms with E-state index in [2.05, 4.69) is 0 Å². The van der Waals surface area contributed by atoms with Gasteiger partial charge in [-0.25, -0.2) is 21.6 Å². The van der Waals surface area contributed by atoms with E-state index in [-0.39, 0.29) is 38.5 Å². The highest BCUT2D eigenvalue weighted by Crippen LogP contribution is 2.22. The topological polar surface area (TPSA) is 57.7 Å². The van der Waals surface area contributed by atoms with E-state index in [1.165, 1.54) is 23.1 Å². The Morgan fingerprint density at radius 2 is 1.59 bits per heavy atom. The summed E-state index contributed by atoms with van der Waals surface area (Å²) in [6.07, 6.45) is 0.00301. The number of nitrogens with zero attached hydrogens (tertiary/aromatic N) is 2. The van der Waals surface area contributed by atoms with Crippen LogP contribution in [0, 0.1) is 17.5 Å². The molecule has 1 aliphatic rings. The Labute approximate surface area is 155 Å². The van der Waals surface area contributed by atoms with E-state index in [9.17, 15) is 26.4 Å². The van der Waals surface area contributed by atoms with Gasteiger partial charge >= 0.3 is 0 Å². The molecule has 0 aromatic heterocycles. The first-order valence-corrected chi connectivity index (χ1v) is 9.69. The predicted octanol–water partition coefficient (Wildman–Crippen LogP) is 2.18. The third kappa shape index (κ3) is 4.30. The van der Waals surface area contributed by atoms with Gasteiger partial charge in [-0.3, -0.25) is 4.79 Å². The lowest BCUT2D eigenvalue weighted by molar-refractivity contribution is -0.131. The molecule has 1 fully saturated rings. The van der Waals surface area contributed by atoms with Gasteiger partial charge in [0.1, 0.15) is 22.3 Å². The lowest BCUT2D eigenvalue weighted by Gasteiger charge is -2.34. The molecular formula is C18H17F3N2O3S. The van der Waals surface area contributed by atoms with Crippen molar-refractivity contribution in [2.24, 2.45) is 0 Å². The van der Waals surface area contributed by atoms with Gasteiger partial charge in [0.25, 0.3) is 0 Å². The van der Waals surface area contributed by atoms with E-state index in [0.29, 0.717) is 11.6 Å². The van der Waals surface area contributed by atoms with Crippen LogP contribution in [0.1, 0.15) is 5.56 Å². The summed E-state index contributed by atoms with van der Waals surface area (Å²) in [6.45, 7) is 0.162. The van der Waals surface area contributed by atoms with Gasteiger partial charge in [-0.05, 0) is 35.9 Å². The summed E-state index contributed by atoms with van der Waals surface area (Å²) >= 11 is 0. The minimum Gasteiger partial charge on any atom is -0.340 e. The maximum atomic E-state index is 13.8. The van der Waals surface area contributed by atoms with Crippen molar-refractivity contribution < 1.29 is 26.4 Å². The first kappa shape index (κ1) is 19.4. The molecule has 1 heterocycles. The van der Waals surface area contributed by atoms with E-state index in [1.54, 1.807) is 6.07 Å². The Hall–Kier alpha value is -2.39. The highest BCUT2D eigenvalue weighted by molar-refractivity contribution is 7.89. The number of rotatable bonds is 4. The zero-order chi connectivity index (χ0) is 19.6. The van der Waals surface area contributed by atoms with Crippen molar-refractivity contribution in [3.8, 4) is 0 Å². The average Bonchev–Trinajstić information content (AvgIpc) is 2.63. The predicted molar refractivity (Wildman–Crippen MR) is 91.8 cm³/mol. The van der Waals surface area contributed by atoms with Crippen LogP contribution in [-0.4, -0.2) is 49.7 Å². The summed E-state index contributed by atoms with van der Waals surface area (Å²) in [6, 6.07) is 7.95. The quantitative estimate of drug-likeness (QED) is 0.793. The molecule has 1 saturated heterocycles. The van der Waals surface area contributed by atoms with Crippen LogP contribution >= 0.6 is 0 Å². The van der Waals surface area contributed by atoms with Crippen molar-refractivity contribution in [3.63, 3.8) is 0 Å². The number of amides is 1. The van der Waals surface area contributed by atoms with Crippen molar-refractivity contribution in [3.05, 3.63) is 65.5 Å². The summed E-state index contributed by atoms with van der Waals surface area (Å²) in [4.78, 5) is 13.1. The molecule has 27 heavy (non-hydrogen) atoms. The minimum absolute atomic E-state index is 0.00301. The molecular weight excluding hydrogens is 381 g/mol. The number of halogens is 3. The molecule has 1 amide bonds. The van der Waals surface area contributed by atoms with Gasteiger partial charge in [0.05, 0.1) is 6.42 Å². The van der Waals surface area contributed by atoms with E-state index >= 15 is 0 Å². The van der Waals surface area contributed by atoms with Gasteiger partial charge in [-0.2, -0.15) is 4.31 Å². The standard InChI is InChI=1S/C18H17F3N2O3S/c19-14-3-1-2-13(10-14)11-18(24)22-6-8-23(9-7-22)27(25,26)17-12-15(20)4-5-16(17)21/h1-5,10,12H,6-9,11H2. The Kier molecular flexibility index (Phi) is 5.52. The second kappa shape index (κ2) is 7.69. The van der Waals surface area contributed by atoms with E-state index in [0.717, 1.165) is 16.4 Å². The minimum atomic E-state index is -4.20. The van der Waals surface area contributed by atoms with Crippen LogP contribution in [0.4, 0.5) is 13.2 Å². The normalized spacial score (nSPS) is 15.7. The van der Waals surface area contributed by atoms with Gasteiger partial charge in [0.2, 0.25) is 15.9 Å². The molecule has 0 aliphatic carbocycles. The number of hydrogen-bond donors (Lipinski definition) is 0. The van der Waals surface area contributed by atoms with Gasteiger partial charge < -0.3 is 4.90 Å². The maximum absolute atomic E-state index is 13.8. The smallest absolute Gasteiger partial charge is 0.246 e. The second-order valence-corrected chi connectivity index (χ2v) is 8.07. The first-order valence-electron chi connectivity index (χ1n) is 8.25.